The number of nitrogens with one attached hydrogen (secondary N) is 1. The van der Waals surface area contributed by atoms with Gasteiger partial charge in [0.2, 0.25) is 5.91 Å². The van der Waals surface area contributed by atoms with Gasteiger partial charge in [-0.25, -0.2) is 4.68 Å². The topological polar surface area (TPSA) is 76.5 Å². The lowest BCUT2D eigenvalue weighted by Crippen LogP contribution is -2.23. The third-order valence-corrected chi connectivity index (χ3v) is 5.85. The quantitative estimate of drug-likeness (QED) is 0.450. The molecule has 0 atom stereocenters. The van der Waals surface area contributed by atoms with Gasteiger partial charge in [0, 0.05) is 36.1 Å². The van der Waals surface area contributed by atoms with Gasteiger partial charge in [-0.1, -0.05) is 30.3 Å². The molecule has 34 heavy (non-hydrogen) atoms. The van der Waals surface area contributed by atoms with E-state index in [4.69, 9.17) is 9.84 Å². The van der Waals surface area contributed by atoms with E-state index in [1.54, 1.807) is 22.9 Å². The molecule has 0 unspecified atom stereocenters. The standard InChI is InChI=1S/C27H24N4O3/c1-34-24-11-6-5-10-22(24)26-23(18-31(29-26)21-8-3-2-4-9-21)27(33)28-19-13-15-20(16-14-19)30-17-7-12-25(30)32/h2-6,8-11,13-16,18H,7,12,17H2,1H3,(H,28,33). The van der Waals surface area contributed by atoms with Gasteiger partial charge in [0.05, 0.1) is 18.4 Å². The number of methoxy groups -OCH3 is 1. The van der Waals surface area contributed by atoms with E-state index in [1.165, 1.54) is 0 Å². The molecule has 1 N–H and O–H groups in total. The van der Waals surface area contributed by atoms with Gasteiger partial charge in [0.1, 0.15) is 11.4 Å². The summed E-state index contributed by atoms with van der Waals surface area (Å²) in [7, 11) is 1.60. The number of hydrogen-bond donors (Lipinski definition) is 1. The maximum atomic E-state index is 13.4. The average molecular weight is 453 g/mol. The normalized spacial score (nSPS) is 13.2. The highest BCUT2D eigenvalue weighted by Crippen LogP contribution is 2.32. The molecular weight excluding hydrogens is 428 g/mol. The predicted molar refractivity (Wildman–Crippen MR) is 132 cm³/mol. The first-order valence-corrected chi connectivity index (χ1v) is 11.1. The fourth-order valence-electron chi connectivity index (χ4n) is 4.14. The highest BCUT2D eigenvalue weighted by atomic mass is 16.5. The van der Waals surface area contributed by atoms with Gasteiger partial charge in [-0.3, -0.25) is 9.59 Å². The Kier molecular flexibility index (Phi) is 5.82. The van der Waals surface area contributed by atoms with Crippen molar-refractivity contribution in [2.24, 2.45) is 0 Å². The van der Waals surface area contributed by atoms with E-state index in [0.29, 0.717) is 29.1 Å². The summed E-state index contributed by atoms with van der Waals surface area (Å²) in [6.07, 6.45) is 3.17. The van der Waals surface area contributed by atoms with Gasteiger partial charge in [-0.05, 0) is 55.0 Å². The van der Waals surface area contributed by atoms with E-state index in [9.17, 15) is 9.59 Å². The number of ether oxygens (including phenoxy) is 1. The highest BCUT2D eigenvalue weighted by molar-refractivity contribution is 6.08. The molecule has 0 radical (unpaired) electrons. The Balaban J connectivity index is 1.47. The van der Waals surface area contributed by atoms with Crippen LogP contribution in [-0.4, -0.2) is 35.2 Å². The lowest BCUT2D eigenvalue weighted by Gasteiger charge is -2.16. The second-order valence-electron chi connectivity index (χ2n) is 8.02. The summed E-state index contributed by atoms with van der Waals surface area (Å²) in [6.45, 7) is 0.728. The zero-order valence-electron chi connectivity index (χ0n) is 18.8. The van der Waals surface area contributed by atoms with Gasteiger partial charge >= 0.3 is 0 Å². The molecule has 4 aromatic rings. The van der Waals surface area contributed by atoms with Crippen LogP contribution in [0.2, 0.25) is 0 Å². The molecule has 7 nitrogen and oxygen atoms in total. The van der Waals surface area contributed by atoms with Crippen LogP contribution in [0.4, 0.5) is 11.4 Å². The second kappa shape index (κ2) is 9.23. The first-order valence-electron chi connectivity index (χ1n) is 11.1. The molecule has 1 aliphatic heterocycles. The zero-order valence-corrected chi connectivity index (χ0v) is 18.8. The zero-order chi connectivity index (χ0) is 23.5. The number of benzene rings is 3. The maximum absolute atomic E-state index is 13.4. The molecule has 1 fully saturated rings. The molecule has 170 valence electrons. The minimum Gasteiger partial charge on any atom is -0.496 e. The number of para-hydroxylation sites is 2. The van der Waals surface area contributed by atoms with Crippen LogP contribution in [0.3, 0.4) is 0 Å². The lowest BCUT2D eigenvalue weighted by atomic mass is 10.1. The largest absolute Gasteiger partial charge is 0.496 e. The Hall–Kier alpha value is -4.39. The van der Waals surface area contributed by atoms with Crippen molar-refractivity contribution in [3.05, 3.63) is 90.6 Å². The van der Waals surface area contributed by atoms with Crippen molar-refractivity contribution in [2.75, 3.05) is 23.9 Å². The van der Waals surface area contributed by atoms with Crippen molar-refractivity contribution in [2.45, 2.75) is 12.8 Å². The molecule has 0 bridgehead atoms. The summed E-state index contributed by atoms with van der Waals surface area (Å²) in [6, 6.07) is 24.5. The van der Waals surface area contributed by atoms with Crippen molar-refractivity contribution in [1.82, 2.24) is 9.78 Å². The first-order chi connectivity index (χ1) is 16.6. The Bertz CT molecular complexity index is 1330. The molecule has 2 amide bonds. The number of nitrogens with zero attached hydrogens (tertiary/aromatic N) is 3. The molecule has 7 heteroatoms. The number of aromatic nitrogens is 2. The molecular formula is C27H24N4O3. The lowest BCUT2D eigenvalue weighted by molar-refractivity contribution is -0.117. The van der Waals surface area contributed by atoms with E-state index >= 15 is 0 Å². The van der Waals surface area contributed by atoms with Crippen LogP contribution < -0.4 is 15.0 Å². The predicted octanol–water partition coefficient (Wildman–Crippen LogP) is 4.93. The van der Waals surface area contributed by atoms with E-state index in [0.717, 1.165) is 29.9 Å². The van der Waals surface area contributed by atoms with Gasteiger partial charge in [0.15, 0.2) is 0 Å². The van der Waals surface area contributed by atoms with Crippen molar-refractivity contribution >= 4 is 23.2 Å². The van der Waals surface area contributed by atoms with Gasteiger partial charge in [-0.15, -0.1) is 0 Å². The fourth-order valence-corrected chi connectivity index (χ4v) is 4.14. The van der Waals surface area contributed by atoms with Crippen LogP contribution in [-0.2, 0) is 4.79 Å². The van der Waals surface area contributed by atoms with Crippen LogP contribution in [0.5, 0.6) is 5.75 Å². The summed E-state index contributed by atoms with van der Waals surface area (Å²) >= 11 is 0. The van der Waals surface area contributed by atoms with E-state index < -0.39 is 0 Å². The van der Waals surface area contributed by atoms with Crippen molar-refractivity contribution < 1.29 is 14.3 Å². The molecule has 3 aromatic carbocycles. The number of carbonyl (C=O) groups is 2. The van der Waals surface area contributed by atoms with Crippen LogP contribution in [0.1, 0.15) is 23.2 Å². The minimum atomic E-state index is -0.284. The SMILES string of the molecule is COc1ccccc1-c1nn(-c2ccccc2)cc1C(=O)Nc1ccc(N2CCCC2=O)cc1. The molecule has 1 aliphatic rings. The van der Waals surface area contributed by atoms with Crippen molar-refractivity contribution in [1.29, 1.82) is 0 Å². The smallest absolute Gasteiger partial charge is 0.259 e. The molecule has 5 rings (SSSR count). The number of carbonyl (C=O) groups excluding carboxylic acids is 2. The van der Waals surface area contributed by atoms with Crippen molar-refractivity contribution in [3.8, 4) is 22.7 Å². The Morgan fingerprint density at radius 2 is 1.68 bits per heavy atom. The van der Waals surface area contributed by atoms with Crippen LogP contribution >= 0.6 is 0 Å². The molecule has 1 aromatic heterocycles. The van der Waals surface area contributed by atoms with E-state index in [2.05, 4.69) is 5.32 Å². The van der Waals surface area contributed by atoms with Gasteiger partial charge < -0.3 is 15.0 Å². The molecule has 1 saturated heterocycles. The summed E-state index contributed by atoms with van der Waals surface area (Å²) in [5, 5.41) is 7.69. The average Bonchev–Trinajstić information content (AvgIpc) is 3.52. The van der Waals surface area contributed by atoms with Gasteiger partial charge in [-0.2, -0.15) is 5.10 Å². The summed E-state index contributed by atoms with van der Waals surface area (Å²) in [4.78, 5) is 27.2. The van der Waals surface area contributed by atoms with Crippen LogP contribution in [0.15, 0.2) is 85.1 Å². The third kappa shape index (κ3) is 4.15. The third-order valence-electron chi connectivity index (χ3n) is 5.85. The molecule has 0 spiro atoms. The van der Waals surface area contributed by atoms with Crippen LogP contribution in [0.25, 0.3) is 16.9 Å². The summed E-state index contributed by atoms with van der Waals surface area (Å²) in [5.41, 5.74) is 4.00. The number of hydrogen-bond acceptors (Lipinski definition) is 4. The van der Waals surface area contributed by atoms with Crippen LogP contribution in [0, 0.1) is 0 Å². The number of rotatable bonds is 6. The monoisotopic (exact) mass is 452 g/mol. The molecule has 2 heterocycles. The summed E-state index contributed by atoms with van der Waals surface area (Å²) in [5.74, 6) is 0.481. The first kappa shape index (κ1) is 21.5. The Labute approximate surface area is 197 Å². The minimum absolute atomic E-state index is 0.131. The maximum Gasteiger partial charge on any atom is 0.259 e. The molecule has 0 aliphatic carbocycles. The van der Waals surface area contributed by atoms with E-state index in [1.807, 2.05) is 78.9 Å². The van der Waals surface area contributed by atoms with Crippen molar-refractivity contribution in [3.63, 3.8) is 0 Å². The molecule has 0 saturated carbocycles. The Morgan fingerprint density at radius 3 is 2.38 bits per heavy atom. The summed E-state index contributed by atoms with van der Waals surface area (Å²) < 4.78 is 7.22. The van der Waals surface area contributed by atoms with Gasteiger partial charge in [0.25, 0.3) is 5.91 Å². The fraction of sp³-hybridized carbons (Fsp3) is 0.148. The second-order valence-corrected chi connectivity index (χ2v) is 8.02. The Morgan fingerprint density at radius 1 is 0.941 bits per heavy atom. The van der Waals surface area contributed by atoms with E-state index in [-0.39, 0.29) is 11.8 Å². The number of amides is 2. The highest BCUT2D eigenvalue weighted by Gasteiger charge is 2.23. The number of anilines is 2.